The van der Waals surface area contributed by atoms with E-state index in [4.69, 9.17) is 4.42 Å². The molecule has 24 heavy (non-hydrogen) atoms. The first-order valence-electron chi connectivity index (χ1n) is 7.58. The maximum Gasteiger partial charge on any atom is 0.343 e. The Morgan fingerprint density at radius 1 is 1.17 bits per heavy atom. The van der Waals surface area contributed by atoms with Crippen molar-refractivity contribution in [1.82, 2.24) is 0 Å². The van der Waals surface area contributed by atoms with E-state index in [2.05, 4.69) is 5.32 Å². The lowest BCUT2D eigenvalue weighted by atomic mass is 10.0. The first kappa shape index (κ1) is 15.0. The number of para-hydroxylation sites is 1. The van der Waals surface area contributed by atoms with Crippen LogP contribution in [0.25, 0.3) is 11.0 Å². The zero-order chi connectivity index (χ0) is 16.7. The third-order valence-electron chi connectivity index (χ3n) is 4.10. The molecule has 4 rings (SSSR count). The molecule has 1 aliphatic heterocycles. The molecule has 0 spiro atoms. The van der Waals surface area contributed by atoms with Gasteiger partial charge in [-0.3, -0.25) is 0 Å². The van der Waals surface area contributed by atoms with Gasteiger partial charge in [-0.15, -0.1) is 11.8 Å². The molecule has 5 nitrogen and oxygen atoms in total. The average Bonchev–Trinajstić information content (AvgIpc) is 2.78. The number of fused-ring (bicyclic) bond motifs is 3. The summed E-state index contributed by atoms with van der Waals surface area (Å²) in [5.74, 6) is 0.992. The van der Waals surface area contributed by atoms with Crippen molar-refractivity contribution in [2.24, 2.45) is 0 Å². The van der Waals surface area contributed by atoms with Crippen LogP contribution in [-0.4, -0.2) is 22.5 Å². The maximum atomic E-state index is 12.7. The molecule has 1 aromatic heterocycles. The van der Waals surface area contributed by atoms with Crippen LogP contribution in [0, 0.1) is 0 Å². The van der Waals surface area contributed by atoms with Crippen LogP contribution in [0.1, 0.15) is 16.4 Å². The van der Waals surface area contributed by atoms with Gasteiger partial charge >= 0.3 is 5.63 Å². The smallest absolute Gasteiger partial charge is 0.343 e. The summed E-state index contributed by atoms with van der Waals surface area (Å²) in [6.45, 7) is 0.696. The number of thioether (sulfide) groups is 1. The van der Waals surface area contributed by atoms with Crippen LogP contribution in [0.2, 0.25) is 0 Å². The van der Waals surface area contributed by atoms with Gasteiger partial charge in [0.15, 0.2) is 0 Å². The number of hydrogen-bond donors (Lipinski definition) is 3. The first-order chi connectivity index (χ1) is 11.6. The highest BCUT2D eigenvalue weighted by molar-refractivity contribution is 7.99. The second kappa shape index (κ2) is 5.79. The molecule has 1 atom stereocenters. The molecule has 0 bridgehead atoms. The van der Waals surface area contributed by atoms with Crippen molar-refractivity contribution in [2.75, 3.05) is 17.6 Å². The highest BCUT2D eigenvalue weighted by Crippen LogP contribution is 2.44. The van der Waals surface area contributed by atoms with Gasteiger partial charge in [-0.1, -0.05) is 18.2 Å². The van der Waals surface area contributed by atoms with Gasteiger partial charge in [0, 0.05) is 29.3 Å². The Kier molecular flexibility index (Phi) is 3.61. The van der Waals surface area contributed by atoms with Crippen LogP contribution in [0.4, 0.5) is 5.69 Å². The molecular formula is C18H15NO4S. The predicted molar refractivity (Wildman–Crippen MR) is 95.0 cm³/mol. The Bertz CT molecular complexity index is 982. The van der Waals surface area contributed by atoms with Crippen LogP contribution in [-0.2, 0) is 0 Å². The van der Waals surface area contributed by atoms with Gasteiger partial charge in [0.05, 0.1) is 16.5 Å². The van der Waals surface area contributed by atoms with E-state index in [-0.39, 0.29) is 16.7 Å². The van der Waals surface area contributed by atoms with Gasteiger partial charge in [0.25, 0.3) is 0 Å². The lowest BCUT2D eigenvalue weighted by Gasteiger charge is -2.18. The lowest BCUT2D eigenvalue weighted by Crippen LogP contribution is -2.14. The third-order valence-corrected chi connectivity index (χ3v) is 5.36. The summed E-state index contributed by atoms with van der Waals surface area (Å²) in [4.78, 5) is 12.7. The largest absolute Gasteiger partial charge is 0.508 e. The molecule has 0 amide bonds. The van der Waals surface area contributed by atoms with Crippen molar-refractivity contribution in [1.29, 1.82) is 0 Å². The van der Waals surface area contributed by atoms with E-state index in [0.717, 1.165) is 11.1 Å². The molecule has 0 saturated heterocycles. The van der Waals surface area contributed by atoms with E-state index >= 15 is 0 Å². The molecule has 122 valence electrons. The second-order valence-electron chi connectivity index (χ2n) is 5.60. The minimum atomic E-state index is -0.460. The molecule has 0 aliphatic carbocycles. The minimum Gasteiger partial charge on any atom is -0.508 e. The van der Waals surface area contributed by atoms with Crippen molar-refractivity contribution in [2.45, 2.75) is 5.25 Å². The Labute approximate surface area is 141 Å². The van der Waals surface area contributed by atoms with E-state index in [9.17, 15) is 15.0 Å². The van der Waals surface area contributed by atoms with Gasteiger partial charge in [-0.25, -0.2) is 4.79 Å². The average molecular weight is 341 g/mol. The first-order valence-corrected chi connectivity index (χ1v) is 8.63. The van der Waals surface area contributed by atoms with Crippen LogP contribution < -0.4 is 10.9 Å². The van der Waals surface area contributed by atoms with Gasteiger partial charge < -0.3 is 19.9 Å². The Morgan fingerprint density at radius 3 is 2.83 bits per heavy atom. The van der Waals surface area contributed by atoms with E-state index in [1.165, 1.54) is 6.07 Å². The molecule has 2 heterocycles. The topological polar surface area (TPSA) is 82.7 Å². The number of anilines is 1. The van der Waals surface area contributed by atoms with Crippen molar-refractivity contribution in [3.05, 3.63) is 64.0 Å². The molecule has 0 fully saturated rings. The molecule has 1 aliphatic rings. The Morgan fingerprint density at radius 2 is 2.00 bits per heavy atom. The molecule has 6 heteroatoms. The number of nitrogens with one attached hydrogen (secondary N) is 1. The Balaban J connectivity index is 2.02. The van der Waals surface area contributed by atoms with Crippen LogP contribution in [0.5, 0.6) is 11.5 Å². The number of rotatable bonds is 1. The van der Waals surface area contributed by atoms with E-state index in [0.29, 0.717) is 28.9 Å². The number of benzene rings is 2. The molecule has 1 unspecified atom stereocenters. The van der Waals surface area contributed by atoms with Crippen LogP contribution in [0.15, 0.2) is 51.7 Å². The number of phenolic OH excluding ortho intramolecular Hbond substituents is 2. The quantitative estimate of drug-likeness (QED) is 0.588. The fourth-order valence-electron chi connectivity index (χ4n) is 3.02. The van der Waals surface area contributed by atoms with Crippen molar-refractivity contribution >= 4 is 28.4 Å². The minimum absolute atomic E-state index is 0.0471. The molecular weight excluding hydrogens is 326 g/mol. The fourth-order valence-corrected chi connectivity index (χ4v) is 4.24. The summed E-state index contributed by atoms with van der Waals surface area (Å²) in [6.07, 6.45) is 0. The van der Waals surface area contributed by atoms with E-state index in [1.54, 1.807) is 36.0 Å². The van der Waals surface area contributed by atoms with Gasteiger partial charge in [-0.05, 0) is 18.2 Å². The summed E-state index contributed by atoms with van der Waals surface area (Å²) < 4.78 is 5.44. The summed E-state index contributed by atoms with van der Waals surface area (Å²) in [5, 5.41) is 23.6. The summed E-state index contributed by atoms with van der Waals surface area (Å²) in [5.41, 5.74) is 1.78. The highest BCUT2D eigenvalue weighted by Gasteiger charge is 2.28. The van der Waals surface area contributed by atoms with Crippen LogP contribution >= 0.6 is 11.8 Å². The summed E-state index contributed by atoms with van der Waals surface area (Å²) >= 11 is 1.59. The molecule has 0 radical (unpaired) electrons. The Hall–Kier alpha value is -2.60. The summed E-state index contributed by atoms with van der Waals surface area (Å²) in [7, 11) is 0. The monoisotopic (exact) mass is 341 g/mol. The zero-order valence-corrected chi connectivity index (χ0v) is 13.5. The molecule has 3 N–H and O–H groups in total. The standard InChI is InChI=1S/C18H15NO4S/c20-10-5-6-12-14(9-10)23-18(22)15-16(12)19-7-8-24-17(15)11-3-1-2-4-13(11)21/h1-6,9,17,19-21H,7-8H2. The lowest BCUT2D eigenvalue weighted by molar-refractivity contribution is 0.468. The normalized spacial score (nSPS) is 17.1. The number of phenols is 2. The highest BCUT2D eigenvalue weighted by atomic mass is 32.2. The molecule has 0 saturated carbocycles. The predicted octanol–water partition coefficient (Wildman–Crippen LogP) is 3.45. The molecule has 2 aromatic carbocycles. The van der Waals surface area contributed by atoms with Gasteiger partial charge in [0.1, 0.15) is 17.1 Å². The van der Waals surface area contributed by atoms with Gasteiger partial charge in [-0.2, -0.15) is 0 Å². The van der Waals surface area contributed by atoms with Crippen molar-refractivity contribution in [3.8, 4) is 11.5 Å². The maximum absolute atomic E-state index is 12.7. The number of hydrogen-bond acceptors (Lipinski definition) is 6. The zero-order valence-electron chi connectivity index (χ0n) is 12.7. The molecule has 3 aromatic rings. The fraction of sp³-hybridized carbons (Fsp3) is 0.167. The second-order valence-corrected chi connectivity index (χ2v) is 6.81. The van der Waals surface area contributed by atoms with Gasteiger partial charge in [0.2, 0.25) is 0 Å². The van der Waals surface area contributed by atoms with E-state index < -0.39 is 5.63 Å². The summed E-state index contributed by atoms with van der Waals surface area (Å²) in [6, 6.07) is 11.8. The van der Waals surface area contributed by atoms with Crippen molar-refractivity contribution < 1.29 is 14.6 Å². The number of aromatic hydroxyl groups is 2. The SMILES string of the molecule is O=c1oc2cc(O)ccc2c2c1C(c1ccccc1O)SCCN2. The third kappa shape index (κ3) is 2.39. The van der Waals surface area contributed by atoms with E-state index in [1.807, 2.05) is 12.1 Å². The van der Waals surface area contributed by atoms with Crippen LogP contribution in [0.3, 0.4) is 0 Å². The van der Waals surface area contributed by atoms with Crippen molar-refractivity contribution in [3.63, 3.8) is 0 Å².